The second-order valence-corrected chi connectivity index (χ2v) is 6.66. The summed E-state index contributed by atoms with van der Waals surface area (Å²) in [5.41, 5.74) is 7.22. The zero-order valence-corrected chi connectivity index (χ0v) is 15.5. The van der Waals surface area contributed by atoms with Gasteiger partial charge in [-0.15, -0.1) is 0 Å². The molecule has 0 unspecified atom stereocenters. The normalized spacial score (nSPS) is 12.3. The first-order valence-corrected chi connectivity index (χ1v) is 9.41. The Kier molecular flexibility index (Phi) is 4.76. The highest BCUT2D eigenvalue weighted by Gasteiger charge is 2.24. The highest BCUT2D eigenvalue weighted by molar-refractivity contribution is 5.81. The predicted octanol–water partition coefficient (Wildman–Crippen LogP) is 4.37. The summed E-state index contributed by atoms with van der Waals surface area (Å²) in [6.07, 6.45) is 0.935. The van der Waals surface area contributed by atoms with Gasteiger partial charge in [0.15, 0.2) is 0 Å². The van der Waals surface area contributed by atoms with Crippen LogP contribution in [-0.4, -0.2) is 41.3 Å². The van der Waals surface area contributed by atoms with Gasteiger partial charge in [0.2, 0.25) is 0 Å². The third-order valence-electron chi connectivity index (χ3n) is 5.20. The van der Waals surface area contributed by atoms with Gasteiger partial charge >= 0.3 is 0 Å². The maximum atomic E-state index is 5.98. The Morgan fingerprint density at radius 3 is 2.77 bits per heavy atom. The van der Waals surface area contributed by atoms with E-state index in [9.17, 15) is 0 Å². The Hall–Kier alpha value is -2.59. The lowest BCUT2D eigenvalue weighted by Crippen LogP contribution is -2.27. The molecule has 3 aromatic rings. The van der Waals surface area contributed by atoms with Crippen LogP contribution in [0.15, 0.2) is 48.5 Å². The topological polar surface area (TPSA) is 41.1 Å². The number of H-pyrrole nitrogens is 1. The highest BCUT2D eigenvalue weighted by atomic mass is 16.5. The van der Waals surface area contributed by atoms with Gasteiger partial charge < -0.3 is 9.64 Å². The van der Waals surface area contributed by atoms with Crippen molar-refractivity contribution in [3.8, 4) is 28.3 Å². The van der Waals surface area contributed by atoms with Gasteiger partial charge in [-0.25, -0.2) is 0 Å². The first-order chi connectivity index (χ1) is 12.8. The van der Waals surface area contributed by atoms with E-state index in [1.807, 2.05) is 12.1 Å². The average molecular weight is 347 g/mol. The van der Waals surface area contributed by atoms with Gasteiger partial charge in [-0.2, -0.15) is 5.10 Å². The molecule has 26 heavy (non-hydrogen) atoms. The van der Waals surface area contributed by atoms with Gasteiger partial charge in [-0.1, -0.05) is 50.2 Å². The van der Waals surface area contributed by atoms with Crippen molar-refractivity contribution in [1.82, 2.24) is 15.1 Å². The van der Waals surface area contributed by atoms with Gasteiger partial charge in [-0.3, -0.25) is 5.10 Å². The van der Waals surface area contributed by atoms with Gasteiger partial charge in [0.1, 0.15) is 12.4 Å². The molecule has 1 N–H and O–H groups in total. The van der Waals surface area contributed by atoms with Crippen molar-refractivity contribution in [3.05, 3.63) is 59.7 Å². The van der Waals surface area contributed by atoms with E-state index in [-0.39, 0.29) is 0 Å². The van der Waals surface area contributed by atoms with Crippen molar-refractivity contribution < 1.29 is 4.74 Å². The SMILES string of the molecule is CCN(CC)CCOc1cccc(-c2n[nH]c3c2Cc2ccccc2-3)c1. The molecule has 0 saturated heterocycles. The number of nitrogens with zero attached hydrogens (tertiary/aromatic N) is 2. The molecule has 0 spiro atoms. The van der Waals surface area contributed by atoms with Gasteiger partial charge in [0.05, 0.1) is 11.4 Å². The summed E-state index contributed by atoms with van der Waals surface area (Å²) in [5, 5.41) is 7.83. The molecule has 134 valence electrons. The molecule has 4 heteroatoms. The molecule has 0 bridgehead atoms. The number of likely N-dealkylation sites (N-methyl/N-ethyl adjacent to an activating group) is 1. The molecule has 1 aliphatic rings. The van der Waals surface area contributed by atoms with Crippen molar-refractivity contribution >= 4 is 0 Å². The van der Waals surface area contributed by atoms with Crippen LogP contribution in [0.3, 0.4) is 0 Å². The number of benzene rings is 2. The van der Waals surface area contributed by atoms with Gasteiger partial charge in [-0.05, 0) is 30.8 Å². The number of ether oxygens (including phenoxy) is 1. The van der Waals surface area contributed by atoms with Crippen molar-refractivity contribution in [3.63, 3.8) is 0 Å². The number of rotatable bonds is 7. The second-order valence-electron chi connectivity index (χ2n) is 6.66. The monoisotopic (exact) mass is 347 g/mol. The van der Waals surface area contributed by atoms with E-state index < -0.39 is 0 Å². The summed E-state index contributed by atoms with van der Waals surface area (Å²) in [5.74, 6) is 0.905. The summed E-state index contributed by atoms with van der Waals surface area (Å²) in [6.45, 7) is 8.12. The molecule has 0 atom stereocenters. The number of nitrogens with one attached hydrogen (secondary N) is 1. The lowest BCUT2D eigenvalue weighted by atomic mass is 10.1. The van der Waals surface area contributed by atoms with Crippen LogP contribution in [-0.2, 0) is 6.42 Å². The number of hydrogen-bond donors (Lipinski definition) is 1. The molecule has 0 fully saturated rings. The van der Waals surface area contributed by atoms with Crippen molar-refractivity contribution in [2.24, 2.45) is 0 Å². The van der Waals surface area contributed by atoms with Crippen LogP contribution < -0.4 is 4.74 Å². The molecule has 0 aliphatic heterocycles. The van der Waals surface area contributed by atoms with Crippen LogP contribution in [0, 0.1) is 0 Å². The molecule has 0 amide bonds. The maximum absolute atomic E-state index is 5.98. The minimum atomic E-state index is 0.704. The number of hydrogen-bond acceptors (Lipinski definition) is 3. The van der Waals surface area contributed by atoms with Crippen LogP contribution in [0.1, 0.15) is 25.0 Å². The van der Waals surface area contributed by atoms with E-state index in [0.29, 0.717) is 6.61 Å². The summed E-state index contributed by atoms with van der Waals surface area (Å²) < 4.78 is 5.98. The second kappa shape index (κ2) is 7.34. The lowest BCUT2D eigenvalue weighted by Gasteiger charge is -2.18. The molecule has 0 radical (unpaired) electrons. The van der Waals surface area contributed by atoms with E-state index in [0.717, 1.165) is 48.8 Å². The molecule has 4 nitrogen and oxygen atoms in total. The first-order valence-electron chi connectivity index (χ1n) is 9.41. The van der Waals surface area contributed by atoms with Crippen LogP contribution in [0.4, 0.5) is 0 Å². The predicted molar refractivity (Wildman–Crippen MR) is 106 cm³/mol. The fourth-order valence-electron chi connectivity index (χ4n) is 3.67. The third kappa shape index (κ3) is 3.13. The summed E-state index contributed by atoms with van der Waals surface area (Å²) >= 11 is 0. The zero-order chi connectivity index (χ0) is 17.9. The minimum Gasteiger partial charge on any atom is -0.492 e. The van der Waals surface area contributed by atoms with Gasteiger partial charge in [0.25, 0.3) is 0 Å². The van der Waals surface area contributed by atoms with E-state index in [1.165, 1.54) is 16.7 Å². The number of fused-ring (bicyclic) bond motifs is 3. The van der Waals surface area contributed by atoms with Crippen LogP contribution in [0.25, 0.3) is 22.5 Å². The van der Waals surface area contributed by atoms with E-state index >= 15 is 0 Å². The van der Waals surface area contributed by atoms with Gasteiger partial charge in [0, 0.05) is 29.7 Å². The van der Waals surface area contributed by atoms with Crippen LogP contribution in [0.5, 0.6) is 5.75 Å². The smallest absolute Gasteiger partial charge is 0.120 e. The average Bonchev–Trinajstić information content (AvgIpc) is 3.25. The quantitative estimate of drug-likeness (QED) is 0.540. The molecule has 2 aromatic carbocycles. The standard InChI is InChI=1S/C22H25N3O/c1-3-25(4-2)12-13-26-18-10-7-9-17(14-18)21-20-15-16-8-5-6-11-19(16)22(20)24-23-21/h5-11,14H,3-4,12-13,15H2,1-2H3,(H,23,24). The fraction of sp³-hybridized carbons (Fsp3) is 0.318. The van der Waals surface area contributed by atoms with Crippen molar-refractivity contribution in [1.29, 1.82) is 0 Å². The maximum Gasteiger partial charge on any atom is 0.120 e. The summed E-state index contributed by atoms with van der Waals surface area (Å²) in [7, 11) is 0. The molecular weight excluding hydrogens is 322 g/mol. The Balaban J connectivity index is 1.52. The highest BCUT2D eigenvalue weighted by Crippen LogP contribution is 2.40. The molecule has 1 aliphatic carbocycles. The van der Waals surface area contributed by atoms with Crippen molar-refractivity contribution in [2.75, 3.05) is 26.2 Å². The molecule has 0 saturated carbocycles. The molecule has 1 heterocycles. The van der Waals surface area contributed by atoms with E-state index in [1.54, 1.807) is 0 Å². The Bertz CT molecular complexity index is 896. The van der Waals surface area contributed by atoms with E-state index in [2.05, 4.69) is 65.3 Å². The van der Waals surface area contributed by atoms with Crippen LogP contribution >= 0.6 is 0 Å². The molecular formula is C22H25N3O. The Labute approximate surface area is 154 Å². The lowest BCUT2D eigenvalue weighted by molar-refractivity contribution is 0.223. The van der Waals surface area contributed by atoms with Crippen molar-refractivity contribution in [2.45, 2.75) is 20.3 Å². The molecule has 4 rings (SSSR count). The third-order valence-corrected chi connectivity index (χ3v) is 5.20. The van der Waals surface area contributed by atoms with E-state index in [4.69, 9.17) is 4.74 Å². The van der Waals surface area contributed by atoms with Crippen LogP contribution in [0.2, 0.25) is 0 Å². The number of aromatic nitrogens is 2. The Morgan fingerprint density at radius 2 is 1.92 bits per heavy atom. The zero-order valence-electron chi connectivity index (χ0n) is 15.5. The minimum absolute atomic E-state index is 0.704. The fourth-order valence-corrected chi connectivity index (χ4v) is 3.67. The first kappa shape index (κ1) is 16.9. The Morgan fingerprint density at radius 1 is 1.08 bits per heavy atom. The summed E-state index contributed by atoms with van der Waals surface area (Å²) in [6, 6.07) is 16.8. The molecule has 1 aromatic heterocycles. The number of aromatic amines is 1. The summed E-state index contributed by atoms with van der Waals surface area (Å²) in [4.78, 5) is 2.36. The largest absolute Gasteiger partial charge is 0.492 e.